The van der Waals surface area contributed by atoms with Crippen LogP contribution in [0.25, 0.3) is 239 Å². The van der Waals surface area contributed by atoms with Crippen LogP contribution in [0.3, 0.4) is 0 Å². The quantitative estimate of drug-likeness (QED) is 0.118. The summed E-state index contributed by atoms with van der Waals surface area (Å²) in [5, 5.41) is 17.8. The average molecular weight is 1680 g/mol. The Hall–Kier alpha value is -16.1. The summed E-state index contributed by atoms with van der Waals surface area (Å²) in [5.41, 5.74) is 15.8. The maximum Gasteiger partial charge on any atom is 0.164 e. The van der Waals surface area contributed by atoms with Gasteiger partial charge in [-0.3, -0.25) is 0 Å². The fourth-order valence-corrected chi connectivity index (χ4v) is 21.2. The molecule has 12 heteroatoms. The molecule has 0 spiro atoms. The Balaban J connectivity index is 0.000000109. The van der Waals surface area contributed by atoms with Crippen molar-refractivity contribution in [1.29, 1.82) is 0 Å². The summed E-state index contributed by atoms with van der Waals surface area (Å²) in [7, 11) is 0. The standard InChI is InChI=1S/C41H25N3S.2C37H23N3S/c1-3-11-26(12-4-1)39-42-40(27-13-5-2-6-14-27)44-41(43-39)36-24-23-30(32-15-7-8-16-33(32)36)28-19-21-31-29(25-28)20-22-35-34-17-9-10-18-37(34)45-38(31)35;1-3-11-25(12-4-1)35-38-36(26-13-5-2-6-14-26)40-37(39-35)28-17-9-16-27(23-28)29-19-10-15-24-21-22-31-30-18-7-8-20-32(30)41-34(31)33(24)29;1-3-10-26(11-4-1)35-38-36(27-12-5-2-6-13-27)40-37(39-35)28-20-18-24(19-21-28)29-16-9-14-25-22-23-31-30-15-7-8-17-32(30)41-34(31)33(25)29/h1-25H;2*1-23H. The molecule has 9 nitrogen and oxygen atoms in total. The molecule has 0 N–H and O–H groups in total. The van der Waals surface area contributed by atoms with Gasteiger partial charge in [0.15, 0.2) is 52.4 Å². The van der Waals surface area contributed by atoms with Gasteiger partial charge in [0.2, 0.25) is 0 Å². The van der Waals surface area contributed by atoms with Crippen molar-refractivity contribution in [3.8, 4) is 136 Å². The van der Waals surface area contributed by atoms with E-state index in [1.54, 1.807) is 0 Å². The zero-order chi connectivity index (χ0) is 84.1. The van der Waals surface area contributed by atoms with Crippen molar-refractivity contribution in [1.82, 2.24) is 44.9 Å². The van der Waals surface area contributed by atoms with Gasteiger partial charge >= 0.3 is 0 Å². The van der Waals surface area contributed by atoms with Crippen molar-refractivity contribution in [3.63, 3.8) is 0 Å². The summed E-state index contributed by atoms with van der Waals surface area (Å²) in [4.78, 5) is 44.3. The molecule has 0 aliphatic carbocycles. The molecular formula is C115H71N9S3. The maximum absolute atomic E-state index is 5.02. The van der Waals surface area contributed by atoms with Gasteiger partial charge in [-0.25, -0.2) is 44.9 Å². The van der Waals surface area contributed by atoms with Crippen LogP contribution in [0.1, 0.15) is 0 Å². The van der Waals surface area contributed by atoms with Crippen LogP contribution in [-0.2, 0) is 0 Å². The molecule has 594 valence electrons. The minimum absolute atomic E-state index is 0.659. The largest absolute Gasteiger partial charge is 0.208 e. The molecule has 0 saturated heterocycles. The van der Waals surface area contributed by atoms with E-state index in [-0.39, 0.29) is 0 Å². The molecule has 0 aliphatic rings. The molecule has 0 unspecified atom stereocenters. The normalized spacial score (nSPS) is 11.5. The van der Waals surface area contributed by atoms with E-state index in [0.29, 0.717) is 52.4 Å². The average Bonchev–Trinajstić information content (AvgIpc) is 1.65. The minimum Gasteiger partial charge on any atom is -0.208 e. The monoisotopic (exact) mass is 1670 g/mol. The third-order valence-corrected chi connectivity index (χ3v) is 27.2. The van der Waals surface area contributed by atoms with Crippen LogP contribution in [0.4, 0.5) is 0 Å². The smallest absolute Gasteiger partial charge is 0.164 e. The third kappa shape index (κ3) is 14.5. The first-order valence-corrected chi connectivity index (χ1v) is 44.7. The predicted octanol–water partition coefficient (Wildman–Crippen LogP) is 31.3. The van der Waals surface area contributed by atoms with Crippen molar-refractivity contribution in [2.45, 2.75) is 0 Å². The first kappa shape index (κ1) is 75.8. The highest BCUT2D eigenvalue weighted by Crippen LogP contribution is 2.47. The fourth-order valence-electron chi connectivity index (χ4n) is 17.4. The zero-order valence-electron chi connectivity index (χ0n) is 68.2. The first-order chi connectivity index (χ1) is 62.9. The zero-order valence-corrected chi connectivity index (χ0v) is 70.7. The predicted molar refractivity (Wildman–Crippen MR) is 533 cm³/mol. The van der Waals surface area contributed by atoms with E-state index in [2.05, 4.69) is 249 Å². The molecule has 127 heavy (non-hydrogen) atoms. The van der Waals surface area contributed by atoms with Crippen LogP contribution in [0, 0.1) is 0 Å². The van der Waals surface area contributed by atoms with Gasteiger partial charge in [0.1, 0.15) is 0 Å². The molecule has 19 aromatic carbocycles. The molecular weight excluding hydrogens is 1600 g/mol. The van der Waals surface area contributed by atoms with E-state index in [1.807, 2.05) is 216 Å². The number of fused-ring (bicyclic) bond motifs is 16. The Kier molecular flexibility index (Phi) is 19.7. The summed E-state index contributed by atoms with van der Waals surface area (Å²) < 4.78 is 7.96. The van der Waals surface area contributed by atoms with Crippen LogP contribution < -0.4 is 0 Å². The summed E-state index contributed by atoms with van der Waals surface area (Å²) in [5.74, 6) is 5.97. The van der Waals surface area contributed by atoms with Crippen molar-refractivity contribution in [2.75, 3.05) is 0 Å². The van der Waals surface area contributed by atoms with Crippen LogP contribution in [0.5, 0.6) is 0 Å². The summed E-state index contributed by atoms with van der Waals surface area (Å²) in [6.07, 6.45) is 0. The van der Waals surface area contributed by atoms with Gasteiger partial charge in [0, 0.05) is 121 Å². The molecule has 0 aliphatic heterocycles. The molecule has 0 fully saturated rings. The lowest BCUT2D eigenvalue weighted by Crippen LogP contribution is -2.00. The number of rotatable bonds is 12. The Bertz CT molecular complexity index is 8330. The molecule has 0 amide bonds. The van der Waals surface area contributed by atoms with E-state index in [1.165, 1.54) is 126 Å². The Labute approximate surface area is 743 Å². The van der Waals surface area contributed by atoms with E-state index in [0.717, 1.165) is 61.0 Å². The maximum atomic E-state index is 5.02. The Morgan fingerprint density at radius 3 is 0.835 bits per heavy atom. The van der Waals surface area contributed by atoms with Gasteiger partial charge in [-0.1, -0.05) is 394 Å². The van der Waals surface area contributed by atoms with E-state index < -0.39 is 0 Å². The highest BCUT2D eigenvalue weighted by molar-refractivity contribution is 7.27. The van der Waals surface area contributed by atoms with Gasteiger partial charge in [0.05, 0.1) is 0 Å². The lowest BCUT2D eigenvalue weighted by atomic mass is 9.93. The summed E-state index contributed by atoms with van der Waals surface area (Å²) >= 11 is 5.61. The molecule has 0 saturated carbocycles. The number of aromatic nitrogens is 9. The van der Waals surface area contributed by atoms with Crippen molar-refractivity contribution >= 4 is 138 Å². The highest BCUT2D eigenvalue weighted by atomic mass is 32.1. The molecule has 6 heterocycles. The number of hydrogen-bond donors (Lipinski definition) is 0. The summed E-state index contributed by atoms with van der Waals surface area (Å²) in [6.45, 7) is 0. The second-order valence-corrected chi connectivity index (χ2v) is 34.5. The van der Waals surface area contributed by atoms with Gasteiger partial charge in [-0.2, -0.15) is 0 Å². The lowest BCUT2D eigenvalue weighted by Gasteiger charge is -2.13. The van der Waals surface area contributed by atoms with Crippen LogP contribution in [-0.4, -0.2) is 44.9 Å². The van der Waals surface area contributed by atoms with E-state index in [9.17, 15) is 0 Å². The number of benzene rings is 19. The summed E-state index contributed by atoms with van der Waals surface area (Å²) in [6, 6.07) is 150. The minimum atomic E-state index is 0.659. The van der Waals surface area contributed by atoms with E-state index >= 15 is 0 Å². The van der Waals surface area contributed by atoms with Crippen molar-refractivity contribution < 1.29 is 0 Å². The van der Waals surface area contributed by atoms with Gasteiger partial charge in [-0.15, -0.1) is 34.0 Å². The van der Waals surface area contributed by atoms with Gasteiger partial charge < -0.3 is 0 Å². The topological polar surface area (TPSA) is 116 Å². The Morgan fingerprint density at radius 1 is 0.134 bits per heavy atom. The van der Waals surface area contributed by atoms with Crippen molar-refractivity contribution in [2.24, 2.45) is 0 Å². The second-order valence-electron chi connectivity index (χ2n) is 31.3. The number of nitrogens with zero attached hydrogens (tertiary/aromatic N) is 9. The molecule has 0 radical (unpaired) electrons. The third-order valence-electron chi connectivity index (χ3n) is 23.6. The molecule has 0 atom stereocenters. The van der Waals surface area contributed by atoms with Gasteiger partial charge in [0.25, 0.3) is 0 Å². The Morgan fingerprint density at radius 2 is 0.409 bits per heavy atom. The SMILES string of the molecule is c1ccc(-c2nc(-c3ccccc3)nc(-c3ccc(-c4ccc5c(ccc6c7ccccc7sc56)c4)c4ccccc34)n2)cc1.c1ccc(-c2nc(-c3ccccc3)nc(-c3ccc(-c4cccc5ccc6c7ccccc7sc6c45)cc3)n2)cc1.c1ccc(-c2nc(-c3ccccc3)nc(-c3cccc(-c4cccc5ccc6c7ccccc7sc6c45)c3)n2)cc1. The lowest BCUT2D eigenvalue weighted by molar-refractivity contribution is 1.07. The second kappa shape index (κ2) is 33.0. The number of thiophene rings is 3. The highest BCUT2D eigenvalue weighted by Gasteiger charge is 2.22. The van der Waals surface area contributed by atoms with Gasteiger partial charge in [-0.05, 0) is 102 Å². The first-order valence-electron chi connectivity index (χ1n) is 42.3. The van der Waals surface area contributed by atoms with Crippen molar-refractivity contribution in [3.05, 3.63) is 431 Å². The molecule has 25 aromatic rings. The number of hydrogen-bond acceptors (Lipinski definition) is 12. The van der Waals surface area contributed by atoms with E-state index in [4.69, 9.17) is 44.9 Å². The van der Waals surface area contributed by atoms with Crippen LogP contribution in [0.2, 0.25) is 0 Å². The molecule has 25 rings (SSSR count). The molecule has 0 bridgehead atoms. The van der Waals surface area contributed by atoms with Crippen LogP contribution in [0.15, 0.2) is 431 Å². The van der Waals surface area contributed by atoms with Crippen LogP contribution >= 0.6 is 34.0 Å². The molecule has 6 aromatic heterocycles. The fraction of sp³-hybridized carbons (Fsp3) is 0.